The third-order valence-electron chi connectivity index (χ3n) is 6.53. The molecule has 1 aromatic rings. The second-order valence-electron chi connectivity index (χ2n) is 8.65. The number of amides is 3. The molecule has 1 saturated carbocycles. The fourth-order valence-electron chi connectivity index (χ4n) is 4.95. The van der Waals surface area contributed by atoms with E-state index < -0.39 is 0 Å². The van der Waals surface area contributed by atoms with Gasteiger partial charge in [-0.05, 0) is 43.9 Å². The number of benzene rings is 1. The maximum absolute atomic E-state index is 12.4. The Hall–Kier alpha value is -2.32. The summed E-state index contributed by atoms with van der Waals surface area (Å²) in [5.41, 5.74) is 1.43. The summed E-state index contributed by atoms with van der Waals surface area (Å²) in [7, 11) is 0. The standard InChI is InChI=1S/C23H33N3O5/c27-21(25-18-7-5-8-19(17-18)26-13-14-31-22(26)28)24-12-6-11-23(20-29-15-16-30-20)9-3-1-2-4-10-23/h5,7-8,17,20H,1-4,6,9-16H2,(H2,24,25,27). The fraction of sp³-hybridized carbons (Fsp3) is 0.652. The number of carbonyl (C=O) groups is 2. The minimum atomic E-state index is -0.357. The minimum absolute atomic E-state index is 0.0732. The highest BCUT2D eigenvalue weighted by atomic mass is 16.7. The summed E-state index contributed by atoms with van der Waals surface area (Å²) in [5.74, 6) is 0. The molecular formula is C23H33N3O5. The Morgan fingerprint density at radius 3 is 2.58 bits per heavy atom. The van der Waals surface area contributed by atoms with E-state index in [1.165, 1.54) is 25.7 Å². The van der Waals surface area contributed by atoms with Gasteiger partial charge in [0.25, 0.3) is 0 Å². The maximum atomic E-state index is 12.4. The van der Waals surface area contributed by atoms with Gasteiger partial charge in [-0.3, -0.25) is 4.90 Å². The molecule has 3 aliphatic rings. The summed E-state index contributed by atoms with van der Waals surface area (Å²) in [5, 5.41) is 5.81. The molecule has 3 amide bonds. The first-order chi connectivity index (χ1) is 15.2. The number of carbonyl (C=O) groups excluding carboxylic acids is 2. The molecule has 31 heavy (non-hydrogen) atoms. The van der Waals surface area contributed by atoms with Crippen LogP contribution in [-0.4, -0.2) is 51.3 Å². The van der Waals surface area contributed by atoms with Gasteiger partial charge in [-0.1, -0.05) is 31.7 Å². The van der Waals surface area contributed by atoms with Crippen molar-refractivity contribution in [2.75, 3.05) is 43.1 Å². The zero-order valence-electron chi connectivity index (χ0n) is 18.1. The van der Waals surface area contributed by atoms with Gasteiger partial charge in [0, 0.05) is 23.3 Å². The molecule has 4 rings (SSSR count). The lowest BCUT2D eigenvalue weighted by atomic mass is 9.75. The van der Waals surface area contributed by atoms with Crippen LogP contribution in [-0.2, 0) is 14.2 Å². The molecule has 0 atom stereocenters. The summed E-state index contributed by atoms with van der Waals surface area (Å²) in [4.78, 5) is 25.7. The van der Waals surface area contributed by atoms with E-state index in [4.69, 9.17) is 14.2 Å². The third kappa shape index (κ3) is 5.49. The van der Waals surface area contributed by atoms with Crippen LogP contribution in [0.3, 0.4) is 0 Å². The Kier molecular flexibility index (Phi) is 7.29. The number of rotatable bonds is 7. The number of hydrogen-bond donors (Lipinski definition) is 2. The van der Waals surface area contributed by atoms with Crippen molar-refractivity contribution >= 4 is 23.5 Å². The molecule has 2 heterocycles. The largest absolute Gasteiger partial charge is 0.447 e. The van der Waals surface area contributed by atoms with Gasteiger partial charge in [-0.2, -0.15) is 0 Å². The van der Waals surface area contributed by atoms with Crippen LogP contribution in [0.5, 0.6) is 0 Å². The van der Waals surface area contributed by atoms with Crippen LogP contribution in [0.4, 0.5) is 21.0 Å². The van der Waals surface area contributed by atoms with Gasteiger partial charge in [0.05, 0.1) is 19.8 Å². The van der Waals surface area contributed by atoms with Gasteiger partial charge in [-0.15, -0.1) is 0 Å². The predicted molar refractivity (Wildman–Crippen MR) is 117 cm³/mol. The molecule has 0 aromatic heterocycles. The summed E-state index contributed by atoms with van der Waals surface area (Å²) < 4.78 is 16.8. The Balaban J connectivity index is 1.25. The number of nitrogens with one attached hydrogen (secondary N) is 2. The molecule has 170 valence electrons. The quantitative estimate of drug-likeness (QED) is 0.497. The zero-order valence-corrected chi connectivity index (χ0v) is 18.1. The Morgan fingerprint density at radius 1 is 1.10 bits per heavy atom. The van der Waals surface area contributed by atoms with Gasteiger partial charge >= 0.3 is 12.1 Å². The monoisotopic (exact) mass is 431 g/mol. The molecule has 0 bridgehead atoms. The maximum Gasteiger partial charge on any atom is 0.414 e. The highest BCUT2D eigenvalue weighted by molar-refractivity contribution is 5.93. The average Bonchev–Trinajstić information content (AvgIpc) is 3.40. The van der Waals surface area contributed by atoms with E-state index in [0.29, 0.717) is 44.3 Å². The lowest BCUT2D eigenvalue weighted by Gasteiger charge is -2.37. The van der Waals surface area contributed by atoms with Gasteiger partial charge < -0.3 is 24.8 Å². The van der Waals surface area contributed by atoms with Crippen LogP contribution in [0.15, 0.2) is 24.3 Å². The van der Waals surface area contributed by atoms with E-state index in [2.05, 4.69) is 10.6 Å². The molecule has 1 aromatic carbocycles. The SMILES string of the molecule is O=C(NCCCC1(C2OCCO2)CCCCCC1)Nc1cccc(N2CCOC2=O)c1. The molecule has 2 saturated heterocycles. The van der Waals surface area contributed by atoms with E-state index in [1.807, 2.05) is 12.1 Å². The Labute approximate surface area is 183 Å². The highest BCUT2D eigenvalue weighted by Gasteiger charge is 2.42. The molecule has 0 radical (unpaired) electrons. The van der Waals surface area contributed by atoms with E-state index in [9.17, 15) is 9.59 Å². The number of cyclic esters (lactones) is 1. The summed E-state index contributed by atoms with van der Waals surface area (Å²) in [6.45, 7) is 2.86. The van der Waals surface area contributed by atoms with Crippen LogP contribution in [0.25, 0.3) is 0 Å². The normalized spacial score (nSPS) is 21.5. The molecule has 2 N–H and O–H groups in total. The molecule has 0 spiro atoms. The van der Waals surface area contributed by atoms with Gasteiger partial charge in [0.15, 0.2) is 6.29 Å². The molecular weight excluding hydrogens is 398 g/mol. The summed E-state index contributed by atoms with van der Waals surface area (Å²) >= 11 is 0. The van der Waals surface area contributed by atoms with E-state index in [-0.39, 0.29) is 23.8 Å². The van der Waals surface area contributed by atoms with E-state index in [0.717, 1.165) is 25.7 Å². The van der Waals surface area contributed by atoms with Crippen LogP contribution in [0.2, 0.25) is 0 Å². The van der Waals surface area contributed by atoms with Crippen molar-refractivity contribution in [1.29, 1.82) is 0 Å². The van der Waals surface area contributed by atoms with Crippen LogP contribution in [0, 0.1) is 5.41 Å². The molecule has 0 unspecified atom stereocenters. The molecule has 1 aliphatic carbocycles. The van der Waals surface area contributed by atoms with Gasteiger partial charge in [-0.25, -0.2) is 9.59 Å². The fourth-order valence-corrected chi connectivity index (χ4v) is 4.95. The van der Waals surface area contributed by atoms with E-state index >= 15 is 0 Å². The zero-order chi connectivity index (χ0) is 21.5. The second kappa shape index (κ2) is 10.3. The van der Waals surface area contributed by atoms with Crippen molar-refractivity contribution in [3.8, 4) is 0 Å². The van der Waals surface area contributed by atoms with Crippen LogP contribution >= 0.6 is 0 Å². The minimum Gasteiger partial charge on any atom is -0.447 e. The number of hydrogen-bond acceptors (Lipinski definition) is 5. The molecule has 8 heteroatoms. The predicted octanol–water partition coefficient (Wildman–Crippen LogP) is 4.26. The molecule has 8 nitrogen and oxygen atoms in total. The molecule has 3 fully saturated rings. The topological polar surface area (TPSA) is 89.1 Å². The van der Waals surface area contributed by atoms with Crippen molar-refractivity contribution in [1.82, 2.24) is 5.32 Å². The number of anilines is 2. The van der Waals surface area contributed by atoms with Crippen LogP contribution < -0.4 is 15.5 Å². The number of ether oxygens (including phenoxy) is 3. The van der Waals surface area contributed by atoms with Crippen LogP contribution in [0.1, 0.15) is 51.4 Å². The first-order valence-electron chi connectivity index (χ1n) is 11.5. The lowest BCUT2D eigenvalue weighted by molar-refractivity contribution is -0.143. The first kappa shape index (κ1) is 21.9. The Morgan fingerprint density at radius 2 is 1.87 bits per heavy atom. The van der Waals surface area contributed by atoms with Crippen molar-refractivity contribution in [3.63, 3.8) is 0 Å². The first-order valence-corrected chi connectivity index (χ1v) is 11.5. The Bertz CT molecular complexity index is 757. The second-order valence-corrected chi connectivity index (χ2v) is 8.65. The lowest BCUT2D eigenvalue weighted by Crippen LogP contribution is -2.37. The van der Waals surface area contributed by atoms with Gasteiger partial charge in [0.1, 0.15) is 6.61 Å². The molecule has 2 aliphatic heterocycles. The van der Waals surface area contributed by atoms with Crippen molar-refractivity contribution in [3.05, 3.63) is 24.3 Å². The average molecular weight is 432 g/mol. The third-order valence-corrected chi connectivity index (χ3v) is 6.53. The summed E-state index contributed by atoms with van der Waals surface area (Å²) in [6, 6.07) is 6.98. The van der Waals surface area contributed by atoms with Crippen molar-refractivity contribution < 1.29 is 23.8 Å². The number of nitrogens with zero attached hydrogens (tertiary/aromatic N) is 1. The van der Waals surface area contributed by atoms with Crippen molar-refractivity contribution in [2.24, 2.45) is 5.41 Å². The van der Waals surface area contributed by atoms with E-state index in [1.54, 1.807) is 17.0 Å². The summed E-state index contributed by atoms with van der Waals surface area (Å²) in [6.07, 6.45) is 8.69. The van der Waals surface area contributed by atoms with Gasteiger partial charge in [0.2, 0.25) is 0 Å². The van der Waals surface area contributed by atoms with Crippen molar-refractivity contribution in [2.45, 2.75) is 57.7 Å². The highest BCUT2D eigenvalue weighted by Crippen LogP contribution is 2.44. The number of urea groups is 1. The smallest absolute Gasteiger partial charge is 0.414 e.